The highest BCUT2D eigenvalue weighted by Gasteiger charge is 2.28. The van der Waals surface area contributed by atoms with E-state index in [9.17, 15) is 9.59 Å². The number of aryl methyl sites for hydroxylation is 2. The molecular formula is C26H36N2O3. The minimum atomic E-state index is -0.474. The highest BCUT2D eigenvalue weighted by molar-refractivity contribution is 5.87. The van der Waals surface area contributed by atoms with Crippen LogP contribution in [-0.4, -0.2) is 35.9 Å². The van der Waals surface area contributed by atoms with E-state index in [1.807, 2.05) is 70.2 Å². The van der Waals surface area contributed by atoms with Crippen LogP contribution in [0.1, 0.15) is 56.2 Å². The van der Waals surface area contributed by atoms with E-state index in [2.05, 4.69) is 11.4 Å². The molecule has 0 radical (unpaired) electrons. The average molecular weight is 425 g/mol. The zero-order valence-electron chi connectivity index (χ0n) is 19.3. The van der Waals surface area contributed by atoms with Gasteiger partial charge in [-0.05, 0) is 50.8 Å². The first-order valence-corrected chi connectivity index (χ1v) is 11.3. The number of ether oxygens (including phenoxy) is 1. The molecule has 5 heteroatoms. The van der Waals surface area contributed by atoms with E-state index in [0.29, 0.717) is 39.0 Å². The SMILES string of the molecule is CCCNC(=O)[C@@H](CC)N(Cc1cccc(C)c1)C(=O)CCCOc1ccc(C)cc1. The lowest BCUT2D eigenvalue weighted by atomic mass is 10.1. The van der Waals surface area contributed by atoms with Crippen molar-refractivity contribution >= 4 is 11.8 Å². The van der Waals surface area contributed by atoms with Crippen molar-refractivity contribution in [3.8, 4) is 5.75 Å². The first-order chi connectivity index (χ1) is 14.9. The van der Waals surface area contributed by atoms with Gasteiger partial charge in [-0.15, -0.1) is 0 Å². The second-order valence-electron chi connectivity index (χ2n) is 7.99. The Hall–Kier alpha value is -2.82. The highest BCUT2D eigenvalue weighted by Crippen LogP contribution is 2.16. The van der Waals surface area contributed by atoms with Gasteiger partial charge in [-0.2, -0.15) is 0 Å². The summed E-state index contributed by atoms with van der Waals surface area (Å²) >= 11 is 0. The van der Waals surface area contributed by atoms with Crippen LogP contribution < -0.4 is 10.1 Å². The van der Waals surface area contributed by atoms with Crippen LogP contribution in [0.25, 0.3) is 0 Å². The van der Waals surface area contributed by atoms with Crippen molar-refractivity contribution in [1.29, 1.82) is 0 Å². The Morgan fingerprint density at radius 2 is 1.77 bits per heavy atom. The minimum Gasteiger partial charge on any atom is -0.494 e. The topological polar surface area (TPSA) is 58.6 Å². The maximum Gasteiger partial charge on any atom is 0.242 e. The number of rotatable bonds is 12. The smallest absolute Gasteiger partial charge is 0.242 e. The summed E-state index contributed by atoms with van der Waals surface area (Å²) in [7, 11) is 0. The molecule has 2 aromatic rings. The van der Waals surface area contributed by atoms with Crippen molar-refractivity contribution < 1.29 is 14.3 Å². The number of nitrogens with one attached hydrogen (secondary N) is 1. The van der Waals surface area contributed by atoms with E-state index < -0.39 is 6.04 Å². The number of amides is 2. The van der Waals surface area contributed by atoms with Gasteiger partial charge in [0.15, 0.2) is 0 Å². The van der Waals surface area contributed by atoms with Crippen LogP contribution in [-0.2, 0) is 16.1 Å². The summed E-state index contributed by atoms with van der Waals surface area (Å²) in [4.78, 5) is 27.6. The first kappa shape index (κ1) is 24.4. The van der Waals surface area contributed by atoms with Crippen molar-refractivity contribution in [1.82, 2.24) is 10.2 Å². The molecule has 5 nitrogen and oxygen atoms in total. The fourth-order valence-electron chi connectivity index (χ4n) is 3.48. The Labute approximate surface area is 186 Å². The Balaban J connectivity index is 2.03. The predicted molar refractivity (Wildman–Crippen MR) is 125 cm³/mol. The summed E-state index contributed by atoms with van der Waals surface area (Å²) in [6.45, 7) is 9.54. The summed E-state index contributed by atoms with van der Waals surface area (Å²) < 4.78 is 5.76. The van der Waals surface area contributed by atoms with Gasteiger partial charge in [-0.25, -0.2) is 0 Å². The summed E-state index contributed by atoms with van der Waals surface area (Å²) in [6, 6.07) is 15.5. The van der Waals surface area contributed by atoms with Gasteiger partial charge in [0, 0.05) is 19.5 Å². The molecule has 0 aliphatic carbocycles. The quantitative estimate of drug-likeness (QED) is 0.498. The lowest BCUT2D eigenvalue weighted by molar-refractivity contribution is -0.141. The van der Waals surface area contributed by atoms with E-state index in [-0.39, 0.29) is 11.8 Å². The van der Waals surface area contributed by atoms with Crippen LogP contribution in [0.15, 0.2) is 48.5 Å². The molecule has 2 amide bonds. The molecule has 168 valence electrons. The van der Waals surface area contributed by atoms with Gasteiger partial charge in [0.05, 0.1) is 6.61 Å². The van der Waals surface area contributed by atoms with Gasteiger partial charge in [0.2, 0.25) is 11.8 Å². The number of carbonyl (C=O) groups excluding carboxylic acids is 2. The Morgan fingerprint density at radius 1 is 1.03 bits per heavy atom. The van der Waals surface area contributed by atoms with Crippen molar-refractivity contribution in [2.24, 2.45) is 0 Å². The van der Waals surface area contributed by atoms with Crippen LogP contribution in [0, 0.1) is 13.8 Å². The van der Waals surface area contributed by atoms with Crippen LogP contribution in [0.5, 0.6) is 5.75 Å². The molecule has 0 bridgehead atoms. The number of nitrogens with zero attached hydrogens (tertiary/aromatic N) is 1. The lowest BCUT2D eigenvalue weighted by Crippen LogP contribution is -2.49. The minimum absolute atomic E-state index is 0.0208. The zero-order chi connectivity index (χ0) is 22.6. The number of carbonyl (C=O) groups is 2. The molecule has 0 spiro atoms. The van der Waals surface area contributed by atoms with Gasteiger partial charge < -0.3 is 15.0 Å². The Morgan fingerprint density at radius 3 is 2.42 bits per heavy atom. The van der Waals surface area contributed by atoms with Crippen molar-refractivity contribution in [2.75, 3.05) is 13.2 Å². The van der Waals surface area contributed by atoms with Crippen LogP contribution in [0.2, 0.25) is 0 Å². The van der Waals surface area contributed by atoms with E-state index in [1.165, 1.54) is 5.56 Å². The molecule has 0 heterocycles. The van der Waals surface area contributed by atoms with Crippen molar-refractivity contribution in [2.45, 2.75) is 66.0 Å². The van der Waals surface area contributed by atoms with Crippen LogP contribution >= 0.6 is 0 Å². The third-order valence-corrected chi connectivity index (χ3v) is 5.20. The van der Waals surface area contributed by atoms with Gasteiger partial charge >= 0.3 is 0 Å². The van der Waals surface area contributed by atoms with Crippen LogP contribution in [0.4, 0.5) is 0 Å². The molecule has 2 aromatic carbocycles. The maximum atomic E-state index is 13.2. The molecular weight excluding hydrogens is 388 g/mol. The monoisotopic (exact) mass is 424 g/mol. The van der Waals surface area contributed by atoms with Crippen molar-refractivity contribution in [3.05, 3.63) is 65.2 Å². The van der Waals surface area contributed by atoms with Gasteiger partial charge in [0.25, 0.3) is 0 Å². The molecule has 0 fully saturated rings. The molecule has 31 heavy (non-hydrogen) atoms. The summed E-state index contributed by atoms with van der Waals surface area (Å²) in [5.41, 5.74) is 3.35. The molecule has 0 saturated heterocycles. The highest BCUT2D eigenvalue weighted by atomic mass is 16.5. The van der Waals surface area contributed by atoms with Crippen LogP contribution in [0.3, 0.4) is 0 Å². The molecule has 0 saturated carbocycles. The summed E-state index contributed by atoms with van der Waals surface area (Å²) in [6.07, 6.45) is 2.39. The fourth-order valence-corrected chi connectivity index (χ4v) is 3.48. The van der Waals surface area contributed by atoms with E-state index in [1.54, 1.807) is 4.90 Å². The lowest BCUT2D eigenvalue weighted by Gasteiger charge is -2.31. The third-order valence-electron chi connectivity index (χ3n) is 5.20. The van der Waals surface area contributed by atoms with E-state index in [4.69, 9.17) is 4.74 Å². The molecule has 2 rings (SSSR count). The van der Waals surface area contributed by atoms with Gasteiger partial charge in [-0.1, -0.05) is 61.4 Å². The number of hydrogen-bond donors (Lipinski definition) is 1. The van der Waals surface area contributed by atoms with Gasteiger partial charge in [0.1, 0.15) is 11.8 Å². The first-order valence-electron chi connectivity index (χ1n) is 11.3. The second-order valence-corrected chi connectivity index (χ2v) is 7.99. The second kappa shape index (κ2) is 12.8. The largest absolute Gasteiger partial charge is 0.494 e. The normalized spacial score (nSPS) is 11.6. The van der Waals surface area contributed by atoms with E-state index >= 15 is 0 Å². The number of hydrogen-bond acceptors (Lipinski definition) is 3. The molecule has 0 unspecified atom stereocenters. The average Bonchev–Trinajstić information content (AvgIpc) is 2.76. The molecule has 1 atom stereocenters. The van der Waals surface area contributed by atoms with Gasteiger partial charge in [-0.3, -0.25) is 9.59 Å². The number of benzene rings is 2. The standard InChI is InChI=1S/C26H36N2O3/c1-5-16-27-26(30)24(6-2)28(19-22-10-7-9-21(4)18-22)25(29)11-8-17-31-23-14-12-20(3)13-15-23/h7,9-10,12-15,18,24H,5-6,8,11,16-17,19H2,1-4H3,(H,27,30)/t24-/m1/s1. The van der Waals surface area contributed by atoms with Crippen molar-refractivity contribution in [3.63, 3.8) is 0 Å². The van der Waals surface area contributed by atoms with E-state index in [0.717, 1.165) is 23.3 Å². The predicted octanol–water partition coefficient (Wildman–Crippen LogP) is 4.80. The molecule has 0 aliphatic heterocycles. The molecule has 0 aromatic heterocycles. The molecule has 0 aliphatic rings. The maximum absolute atomic E-state index is 13.2. The fraction of sp³-hybridized carbons (Fsp3) is 0.462. The Bertz CT molecular complexity index is 833. The summed E-state index contributed by atoms with van der Waals surface area (Å²) in [5, 5.41) is 2.95. The molecule has 1 N–H and O–H groups in total. The third kappa shape index (κ3) is 8.08. The summed E-state index contributed by atoms with van der Waals surface area (Å²) in [5.74, 6) is 0.703. The zero-order valence-corrected chi connectivity index (χ0v) is 19.3. The Kier molecular flexibility index (Phi) is 10.1.